The van der Waals surface area contributed by atoms with Gasteiger partial charge in [-0.2, -0.15) is 0 Å². The van der Waals surface area contributed by atoms with Gasteiger partial charge in [-0.1, -0.05) is 15.9 Å². The first-order valence-electron chi connectivity index (χ1n) is 6.58. The molecule has 1 heterocycles. The van der Waals surface area contributed by atoms with E-state index in [1.807, 2.05) is 0 Å². The van der Waals surface area contributed by atoms with E-state index in [0.717, 1.165) is 42.5 Å². The zero-order valence-corrected chi connectivity index (χ0v) is 12.4. The summed E-state index contributed by atoms with van der Waals surface area (Å²) >= 11 is 3.46. The monoisotopic (exact) mass is 331 g/mol. The number of halogens is 2. The molecular weight excluding hydrogens is 313 g/mol. The second kappa shape index (κ2) is 7.33. The Bertz CT molecular complexity index is 408. The highest BCUT2D eigenvalue weighted by Gasteiger charge is 2.20. The molecule has 1 fully saturated rings. The number of rotatable bonds is 5. The van der Waals surface area contributed by atoms with Gasteiger partial charge in [-0.05, 0) is 36.6 Å². The van der Waals surface area contributed by atoms with Crippen LogP contribution in [0.25, 0.3) is 0 Å². The molecule has 0 unspecified atom stereocenters. The van der Waals surface area contributed by atoms with Gasteiger partial charge in [0, 0.05) is 24.1 Å². The molecule has 5 heteroatoms. The van der Waals surface area contributed by atoms with Crippen LogP contribution in [0.4, 0.5) is 4.39 Å². The molecule has 0 spiro atoms. The number of aliphatic hydroxyl groups excluding tert-OH is 1. The van der Waals surface area contributed by atoms with Crippen LogP contribution in [0, 0.1) is 5.82 Å². The van der Waals surface area contributed by atoms with E-state index < -0.39 is 0 Å². The van der Waals surface area contributed by atoms with Gasteiger partial charge in [-0.25, -0.2) is 4.39 Å². The third-order valence-electron chi connectivity index (χ3n) is 3.38. The third-order valence-corrected chi connectivity index (χ3v) is 4.15. The molecular formula is C14H19BrFNO2. The van der Waals surface area contributed by atoms with Crippen molar-refractivity contribution >= 4 is 15.9 Å². The van der Waals surface area contributed by atoms with Crippen LogP contribution in [0.1, 0.15) is 18.4 Å². The summed E-state index contributed by atoms with van der Waals surface area (Å²) in [5.74, 6) is -0.195. The summed E-state index contributed by atoms with van der Waals surface area (Å²) in [7, 11) is 0. The summed E-state index contributed by atoms with van der Waals surface area (Å²) in [6.07, 6.45) is 2.18. The molecule has 1 N–H and O–H groups in total. The first kappa shape index (κ1) is 14.9. The van der Waals surface area contributed by atoms with Gasteiger partial charge >= 0.3 is 0 Å². The summed E-state index contributed by atoms with van der Waals surface area (Å²) in [5.41, 5.74) is 0.981. The first-order chi connectivity index (χ1) is 9.19. The van der Waals surface area contributed by atoms with Crippen molar-refractivity contribution in [3.63, 3.8) is 0 Å². The lowest BCUT2D eigenvalue weighted by atomic mass is 10.1. The molecule has 1 saturated heterocycles. The molecule has 0 atom stereocenters. The van der Waals surface area contributed by atoms with Crippen LogP contribution in [0.3, 0.4) is 0 Å². The third kappa shape index (κ3) is 4.53. The van der Waals surface area contributed by atoms with Gasteiger partial charge in [-0.3, -0.25) is 4.90 Å². The average molecular weight is 332 g/mol. The molecule has 3 nitrogen and oxygen atoms in total. The molecule has 0 aromatic heterocycles. The van der Waals surface area contributed by atoms with E-state index in [-0.39, 0.29) is 18.5 Å². The summed E-state index contributed by atoms with van der Waals surface area (Å²) in [6, 6.07) is 4.79. The highest BCUT2D eigenvalue weighted by molar-refractivity contribution is 9.10. The maximum Gasteiger partial charge on any atom is 0.123 e. The number of hydrogen-bond acceptors (Lipinski definition) is 3. The normalized spacial score (nSPS) is 17.8. The summed E-state index contributed by atoms with van der Waals surface area (Å²) in [4.78, 5) is 2.30. The molecule has 0 aliphatic carbocycles. The van der Waals surface area contributed by atoms with Crippen molar-refractivity contribution in [1.82, 2.24) is 4.90 Å². The van der Waals surface area contributed by atoms with E-state index in [2.05, 4.69) is 20.8 Å². The molecule has 0 saturated carbocycles. The minimum atomic E-state index is -0.195. The standard InChI is InChI=1S/C14H19BrFNO2/c15-14-2-1-12(16)9-11(14)10-17-5-3-13(4-6-17)19-8-7-18/h1-2,9,13,18H,3-8,10H2. The number of benzene rings is 1. The van der Waals surface area contributed by atoms with E-state index in [1.165, 1.54) is 6.07 Å². The van der Waals surface area contributed by atoms with E-state index in [0.29, 0.717) is 6.61 Å². The van der Waals surface area contributed by atoms with Gasteiger partial charge < -0.3 is 9.84 Å². The second-order valence-corrected chi connectivity index (χ2v) is 5.66. The number of aliphatic hydroxyl groups is 1. The first-order valence-corrected chi connectivity index (χ1v) is 7.37. The van der Waals surface area contributed by atoms with E-state index in [4.69, 9.17) is 9.84 Å². The van der Waals surface area contributed by atoms with Crippen LogP contribution in [0.2, 0.25) is 0 Å². The molecule has 1 aromatic rings. The van der Waals surface area contributed by atoms with Crippen molar-refractivity contribution in [2.45, 2.75) is 25.5 Å². The average Bonchev–Trinajstić information content (AvgIpc) is 2.42. The van der Waals surface area contributed by atoms with E-state index >= 15 is 0 Å². The zero-order valence-electron chi connectivity index (χ0n) is 10.8. The molecule has 106 valence electrons. The molecule has 19 heavy (non-hydrogen) atoms. The van der Waals surface area contributed by atoms with Crippen LogP contribution in [-0.4, -0.2) is 42.4 Å². The topological polar surface area (TPSA) is 32.7 Å². The van der Waals surface area contributed by atoms with Gasteiger partial charge in [0.15, 0.2) is 0 Å². The fourth-order valence-electron chi connectivity index (χ4n) is 2.36. The lowest BCUT2D eigenvalue weighted by molar-refractivity contribution is -0.00905. The Morgan fingerprint density at radius 3 is 2.79 bits per heavy atom. The van der Waals surface area contributed by atoms with E-state index in [9.17, 15) is 4.39 Å². The Kier molecular flexibility index (Phi) is 5.76. The van der Waals surface area contributed by atoms with Gasteiger partial charge in [0.1, 0.15) is 5.82 Å². The minimum absolute atomic E-state index is 0.0798. The quantitative estimate of drug-likeness (QED) is 0.900. The molecule has 1 aliphatic rings. The Labute approximate surface area is 121 Å². The maximum absolute atomic E-state index is 13.2. The predicted octanol–water partition coefficient (Wildman–Crippen LogP) is 2.56. The molecule has 0 bridgehead atoms. The summed E-state index contributed by atoms with van der Waals surface area (Å²) < 4.78 is 19.7. The fraction of sp³-hybridized carbons (Fsp3) is 0.571. The van der Waals surface area contributed by atoms with Crippen molar-refractivity contribution in [1.29, 1.82) is 0 Å². The van der Waals surface area contributed by atoms with Gasteiger partial charge in [0.05, 0.1) is 19.3 Å². The molecule has 1 aliphatic heterocycles. The molecule has 2 rings (SSSR count). The highest BCUT2D eigenvalue weighted by Crippen LogP contribution is 2.22. The predicted molar refractivity (Wildman–Crippen MR) is 75.4 cm³/mol. The van der Waals surface area contributed by atoms with Crippen molar-refractivity contribution in [2.75, 3.05) is 26.3 Å². The van der Waals surface area contributed by atoms with Crippen LogP contribution < -0.4 is 0 Å². The van der Waals surface area contributed by atoms with Crippen molar-refractivity contribution in [3.8, 4) is 0 Å². The Morgan fingerprint density at radius 1 is 1.37 bits per heavy atom. The number of piperidine rings is 1. The Balaban J connectivity index is 1.83. The minimum Gasteiger partial charge on any atom is -0.394 e. The van der Waals surface area contributed by atoms with Gasteiger partial charge in [0.2, 0.25) is 0 Å². The SMILES string of the molecule is OCCOC1CCN(Cc2cc(F)ccc2Br)CC1. The van der Waals surface area contributed by atoms with Crippen LogP contribution in [0.5, 0.6) is 0 Å². The molecule has 0 amide bonds. The van der Waals surface area contributed by atoms with Crippen LogP contribution in [-0.2, 0) is 11.3 Å². The maximum atomic E-state index is 13.2. The lowest BCUT2D eigenvalue weighted by Crippen LogP contribution is -2.37. The fourth-order valence-corrected chi connectivity index (χ4v) is 2.73. The number of hydrogen-bond donors (Lipinski definition) is 1. The molecule has 1 aromatic carbocycles. The smallest absolute Gasteiger partial charge is 0.123 e. The van der Waals surface area contributed by atoms with Crippen molar-refractivity contribution in [2.24, 2.45) is 0 Å². The highest BCUT2D eigenvalue weighted by atomic mass is 79.9. The number of ether oxygens (including phenoxy) is 1. The van der Waals surface area contributed by atoms with Gasteiger partial charge in [0.25, 0.3) is 0 Å². The second-order valence-electron chi connectivity index (χ2n) is 4.81. The summed E-state index contributed by atoms with van der Waals surface area (Å²) in [5, 5.41) is 8.72. The van der Waals surface area contributed by atoms with E-state index in [1.54, 1.807) is 12.1 Å². The zero-order chi connectivity index (χ0) is 13.7. The van der Waals surface area contributed by atoms with Crippen molar-refractivity contribution < 1.29 is 14.2 Å². The van der Waals surface area contributed by atoms with Gasteiger partial charge in [-0.15, -0.1) is 0 Å². The lowest BCUT2D eigenvalue weighted by Gasteiger charge is -2.32. The number of likely N-dealkylation sites (tertiary alicyclic amines) is 1. The molecule has 0 radical (unpaired) electrons. The van der Waals surface area contributed by atoms with Crippen LogP contribution >= 0.6 is 15.9 Å². The summed E-state index contributed by atoms with van der Waals surface area (Å²) in [6.45, 7) is 3.14. The largest absolute Gasteiger partial charge is 0.394 e. The Morgan fingerprint density at radius 2 is 2.11 bits per heavy atom. The number of nitrogens with zero attached hydrogens (tertiary/aromatic N) is 1. The van der Waals surface area contributed by atoms with Crippen LogP contribution in [0.15, 0.2) is 22.7 Å². The Hall–Kier alpha value is -0.490. The van der Waals surface area contributed by atoms with Crippen molar-refractivity contribution in [3.05, 3.63) is 34.1 Å².